The molecule has 5 unspecified atom stereocenters. The molecular weight excluding hydrogens is 318 g/mol. The zero-order valence-electron chi connectivity index (χ0n) is 12.8. The standard InChI is InChI=1S/C16H16NO7/c18-6-13-14-9-21-15(13)10-22-16(7-19,24-15)17(13)12(23-14,8-20-14)11-4-2-1-3-5-11/h1-5,18H,6-10H2. The quantitative estimate of drug-likeness (QED) is 0.797. The van der Waals surface area contributed by atoms with Crippen molar-refractivity contribution in [2.24, 2.45) is 0 Å². The molecule has 127 valence electrons. The highest BCUT2D eigenvalue weighted by molar-refractivity contribution is 5.37. The van der Waals surface area contributed by atoms with Gasteiger partial charge in [0.05, 0.1) is 13.2 Å². The molecule has 5 heterocycles. The largest absolute Gasteiger partial charge is 0.394 e. The summed E-state index contributed by atoms with van der Waals surface area (Å²) in [5.41, 5.74) is -1.36. The van der Waals surface area contributed by atoms with Crippen molar-refractivity contribution in [3.8, 4) is 0 Å². The van der Waals surface area contributed by atoms with Gasteiger partial charge in [-0.05, 0) is 0 Å². The molecule has 5 aliphatic rings. The maximum Gasteiger partial charge on any atom is 0.264 e. The summed E-state index contributed by atoms with van der Waals surface area (Å²) >= 11 is 0. The molecule has 5 atom stereocenters. The van der Waals surface area contributed by atoms with Crippen molar-refractivity contribution in [2.45, 2.75) is 28.7 Å². The molecule has 1 N–H and O–H groups in total. The van der Waals surface area contributed by atoms with Crippen LogP contribution in [0.5, 0.6) is 0 Å². The van der Waals surface area contributed by atoms with Gasteiger partial charge in [0.1, 0.15) is 13.2 Å². The number of hydrogen-bond acceptors (Lipinski definition) is 7. The van der Waals surface area contributed by atoms with E-state index in [-0.39, 0.29) is 26.4 Å². The van der Waals surface area contributed by atoms with Gasteiger partial charge in [-0.2, -0.15) is 4.90 Å². The van der Waals surface area contributed by atoms with Crippen LogP contribution in [0, 0.1) is 0 Å². The summed E-state index contributed by atoms with van der Waals surface area (Å²) in [5.74, 6) is -3.98. The van der Waals surface area contributed by atoms with Crippen molar-refractivity contribution in [1.29, 1.82) is 0 Å². The van der Waals surface area contributed by atoms with Gasteiger partial charge in [-0.3, -0.25) is 4.74 Å². The van der Waals surface area contributed by atoms with Gasteiger partial charge in [-0.15, -0.1) is 0 Å². The normalized spacial score (nSPS) is 53.9. The predicted octanol–water partition coefficient (Wildman–Crippen LogP) is -0.500. The minimum atomic E-state index is -1.54. The molecular formula is C16H16NO7. The molecule has 1 aromatic rings. The first-order valence-electron chi connectivity index (χ1n) is 8.00. The maximum atomic E-state index is 12.1. The van der Waals surface area contributed by atoms with E-state index in [0.29, 0.717) is 0 Å². The van der Waals surface area contributed by atoms with Crippen LogP contribution < -0.4 is 0 Å². The lowest BCUT2D eigenvalue weighted by molar-refractivity contribution is -0.320. The highest BCUT2D eigenvalue weighted by atomic mass is 16.9. The van der Waals surface area contributed by atoms with Crippen LogP contribution in [0.25, 0.3) is 0 Å². The van der Waals surface area contributed by atoms with E-state index in [9.17, 15) is 10.2 Å². The predicted molar refractivity (Wildman–Crippen MR) is 73.5 cm³/mol. The van der Waals surface area contributed by atoms with E-state index < -0.39 is 35.4 Å². The molecule has 5 aliphatic heterocycles. The number of fused-ring (bicyclic) bond motifs is 4. The van der Waals surface area contributed by atoms with E-state index in [4.69, 9.17) is 23.7 Å². The number of hydrogen-bond donors (Lipinski definition) is 1. The van der Waals surface area contributed by atoms with E-state index in [2.05, 4.69) is 0 Å². The molecule has 0 saturated carbocycles. The van der Waals surface area contributed by atoms with Crippen LogP contribution in [-0.4, -0.2) is 66.1 Å². The maximum absolute atomic E-state index is 12.1. The van der Waals surface area contributed by atoms with Crippen molar-refractivity contribution in [3.63, 3.8) is 0 Å². The second-order valence-corrected chi connectivity index (χ2v) is 6.94. The second-order valence-electron chi connectivity index (χ2n) is 6.94. The minimum absolute atomic E-state index is 0.0612. The Bertz CT molecular complexity index is 732. The van der Waals surface area contributed by atoms with E-state index in [1.807, 2.05) is 30.3 Å². The summed E-state index contributed by atoms with van der Waals surface area (Å²) in [5, 5.41) is 22.5. The zero-order chi connectivity index (χ0) is 16.3. The molecule has 24 heavy (non-hydrogen) atoms. The molecule has 0 aromatic heterocycles. The van der Waals surface area contributed by atoms with Crippen LogP contribution in [0.15, 0.2) is 30.3 Å². The van der Waals surface area contributed by atoms with Gasteiger partial charge in [0, 0.05) is 5.56 Å². The molecule has 2 spiro atoms. The fraction of sp³-hybridized carbons (Fsp3) is 0.625. The average Bonchev–Trinajstić information content (AvgIpc) is 3.38. The zero-order valence-corrected chi connectivity index (χ0v) is 12.8. The highest BCUT2D eigenvalue weighted by Crippen LogP contribution is 2.73. The summed E-state index contributed by atoms with van der Waals surface area (Å²) < 4.78 is 30.1. The van der Waals surface area contributed by atoms with Crippen LogP contribution in [0.2, 0.25) is 0 Å². The van der Waals surface area contributed by atoms with E-state index in [0.717, 1.165) is 5.56 Å². The summed E-state index contributed by atoms with van der Waals surface area (Å²) in [7, 11) is 0. The van der Waals surface area contributed by atoms with E-state index in [1.165, 1.54) is 0 Å². The summed E-state index contributed by atoms with van der Waals surface area (Å²) in [6.45, 7) is -0.615. The molecule has 5 fully saturated rings. The third-order valence-electron chi connectivity index (χ3n) is 6.12. The highest BCUT2D eigenvalue weighted by Gasteiger charge is 2.96. The smallest absolute Gasteiger partial charge is 0.264 e. The number of rotatable bonds is 3. The lowest BCUT2D eigenvalue weighted by atomic mass is 9.81. The summed E-state index contributed by atoms with van der Waals surface area (Å²) in [4.78, 5) is 1.75. The number of nitrogens with zero attached hydrogens (tertiary/aromatic N) is 1. The van der Waals surface area contributed by atoms with E-state index >= 15 is 0 Å². The first-order valence-corrected chi connectivity index (χ1v) is 8.00. The topological polar surface area (TPSA) is 89.5 Å². The van der Waals surface area contributed by atoms with Crippen LogP contribution in [0.4, 0.5) is 0 Å². The number of benzene rings is 1. The van der Waals surface area contributed by atoms with Gasteiger partial charge >= 0.3 is 0 Å². The van der Waals surface area contributed by atoms with Crippen LogP contribution in [-0.2, 0) is 34.5 Å². The molecule has 5 saturated heterocycles. The lowest BCUT2D eigenvalue weighted by Gasteiger charge is -2.51. The molecule has 0 amide bonds. The molecule has 0 aliphatic carbocycles. The SMILES string of the molecule is [O]CC12OCC3(OCC45OCC(c6ccccc6)(O4)N1C35CO)O2. The van der Waals surface area contributed by atoms with Gasteiger partial charge < -0.3 is 24.1 Å². The van der Waals surface area contributed by atoms with Gasteiger partial charge in [-0.25, -0.2) is 5.11 Å². The summed E-state index contributed by atoms with van der Waals surface area (Å²) in [6.07, 6.45) is 0. The Morgan fingerprint density at radius 2 is 1.71 bits per heavy atom. The Hall–Kier alpha value is -1.10. The lowest BCUT2D eigenvalue weighted by Crippen LogP contribution is -2.75. The fourth-order valence-corrected chi connectivity index (χ4v) is 5.21. The van der Waals surface area contributed by atoms with Crippen LogP contribution in [0.1, 0.15) is 5.56 Å². The first-order chi connectivity index (χ1) is 11.6. The number of aliphatic hydroxyl groups is 1. The number of morpholine rings is 1. The summed E-state index contributed by atoms with van der Waals surface area (Å²) in [6, 6.07) is 9.51. The molecule has 6 rings (SSSR count). The molecule has 1 radical (unpaired) electrons. The Kier molecular flexibility index (Phi) is 2.26. The third-order valence-corrected chi connectivity index (χ3v) is 6.12. The Labute approximate surface area is 137 Å². The molecule has 1 aromatic carbocycles. The Morgan fingerprint density at radius 1 is 1.00 bits per heavy atom. The molecule has 8 heteroatoms. The van der Waals surface area contributed by atoms with E-state index in [1.54, 1.807) is 4.90 Å². The van der Waals surface area contributed by atoms with Crippen molar-refractivity contribution < 1.29 is 33.9 Å². The number of aliphatic hydroxyl groups excluding tert-OH is 1. The van der Waals surface area contributed by atoms with Gasteiger partial charge in [-0.1, -0.05) is 30.3 Å². The van der Waals surface area contributed by atoms with Crippen molar-refractivity contribution >= 4 is 0 Å². The Balaban J connectivity index is 1.65. The monoisotopic (exact) mass is 334 g/mol. The van der Waals surface area contributed by atoms with Gasteiger partial charge in [0.2, 0.25) is 11.6 Å². The third kappa shape index (κ3) is 1.07. The number of ether oxygens (including phenoxy) is 5. The second kappa shape index (κ2) is 3.84. The van der Waals surface area contributed by atoms with Crippen LogP contribution in [0.3, 0.4) is 0 Å². The van der Waals surface area contributed by atoms with Crippen molar-refractivity contribution in [1.82, 2.24) is 4.90 Å². The van der Waals surface area contributed by atoms with Crippen LogP contribution >= 0.6 is 0 Å². The minimum Gasteiger partial charge on any atom is -0.394 e. The van der Waals surface area contributed by atoms with Gasteiger partial charge in [0.15, 0.2) is 17.9 Å². The first kappa shape index (κ1) is 14.1. The van der Waals surface area contributed by atoms with Crippen molar-refractivity contribution in [3.05, 3.63) is 35.9 Å². The van der Waals surface area contributed by atoms with Gasteiger partial charge in [0.25, 0.3) is 5.91 Å². The fourth-order valence-electron chi connectivity index (χ4n) is 5.21. The molecule has 8 nitrogen and oxygen atoms in total. The average molecular weight is 334 g/mol. The molecule has 4 bridgehead atoms. The Morgan fingerprint density at radius 3 is 2.46 bits per heavy atom. The van der Waals surface area contributed by atoms with Crippen molar-refractivity contribution in [2.75, 3.05) is 33.0 Å².